The molecular weight excluding hydrogens is 482 g/mol. The third-order valence-electron chi connectivity index (χ3n) is 9.44. The second-order valence-electron chi connectivity index (χ2n) is 12.0. The fourth-order valence-corrected chi connectivity index (χ4v) is 7.61. The predicted octanol–water partition coefficient (Wildman–Crippen LogP) is 7.29. The maximum absolute atomic E-state index is 13.3. The lowest BCUT2D eigenvalue weighted by atomic mass is 9.72. The van der Waals surface area contributed by atoms with Gasteiger partial charge in [-0.25, -0.2) is 4.79 Å². The van der Waals surface area contributed by atoms with Crippen LogP contribution >= 0.6 is 11.6 Å². The van der Waals surface area contributed by atoms with Gasteiger partial charge >= 0.3 is 5.97 Å². The monoisotopic (exact) mass is 529 g/mol. The molecule has 3 aliphatic rings. The maximum Gasteiger partial charge on any atom is 0.335 e. The molecule has 0 N–H and O–H groups in total. The van der Waals surface area contributed by atoms with Crippen LogP contribution in [0.2, 0.25) is 5.02 Å². The van der Waals surface area contributed by atoms with E-state index in [1.54, 1.807) is 0 Å². The predicted molar refractivity (Wildman–Crippen MR) is 153 cm³/mol. The van der Waals surface area contributed by atoms with Gasteiger partial charge in [-0.15, -0.1) is 0 Å². The van der Waals surface area contributed by atoms with Crippen LogP contribution in [-0.4, -0.2) is 60.9 Å². The van der Waals surface area contributed by atoms with Crippen LogP contribution in [-0.2, 0) is 9.53 Å². The Bertz CT molecular complexity index is 890. The van der Waals surface area contributed by atoms with Crippen LogP contribution in [0.3, 0.4) is 0 Å². The van der Waals surface area contributed by atoms with Gasteiger partial charge in [-0.3, -0.25) is 4.99 Å². The van der Waals surface area contributed by atoms with Crippen molar-refractivity contribution in [1.29, 1.82) is 0 Å². The second kappa shape index (κ2) is 13.0. The Morgan fingerprint density at radius 3 is 2.38 bits per heavy atom. The van der Waals surface area contributed by atoms with Crippen molar-refractivity contribution in [1.82, 2.24) is 9.80 Å². The van der Waals surface area contributed by atoms with Crippen molar-refractivity contribution in [2.45, 2.75) is 114 Å². The molecule has 0 saturated heterocycles. The zero-order valence-electron chi connectivity index (χ0n) is 23.5. The molecule has 2 aliphatic carbocycles. The normalized spacial score (nSPS) is 29.6. The third kappa shape index (κ3) is 6.36. The number of methoxy groups -OCH3 is 1. The third-order valence-corrected chi connectivity index (χ3v) is 9.69. The lowest BCUT2D eigenvalue weighted by Gasteiger charge is -2.43. The Kier molecular flexibility index (Phi) is 9.97. The van der Waals surface area contributed by atoms with E-state index in [2.05, 4.69) is 43.0 Å². The smallest absolute Gasteiger partial charge is 0.335 e. The molecule has 0 aromatic heterocycles. The quantitative estimate of drug-likeness (QED) is 0.298. The highest BCUT2D eigenvalue weighted by molar-refractivity contribution is 6.30. The van der Waals surface area contributed by atoms with E-state index in [4.69, 9.17) is 21.3 Å². The van der Waals surface area contributed by atoms with Crippen LogP contribution in [0.1, 0.15) is 102 Å². The van der Waals surface area contributed by atoms with Crippen molar-refractivity contribution in [2.24, 2.45) is 16.8 Å². The zero-order chi connectivity index (χ0) is 26.4. The second-order valence-corrected chi connectivity index (χ2v) is 12.4. The number of aliphatic imine (C=N–C) groups is 1. The fraction of sp³-hybridized carbons (Fsp3) is 0.742. The van der Waals surface area contributed by atoms with Crippen LogP contribution in [0.5, 0.6) is 0 Å². The van der Waals surface area contributed by atoms with Crippen LogP contribution in [0.15, 0.2) is 29.3 Å². The molecule has 2 fully saturated rings. The Balaban J connectivity index is 1.49. The zero-order valence-corrected chi connectivity index (χ0v) is 24.3. The van der Waals surface area contributed by atoms with Crippen LogP contribution < -0.4 is 0 Å². The summed E-state index contributed by atoms with van der Waals surface area (Å²) in [5.74, 6) is 1.12. The van der Waals surface area contributed by atoms with E-state index in [1.165, 1.54) is 70.5 Å². The number of halogens is 1. The molecule has 0 bridgehead atoms. The summed E-state index contributed by atoms with van der Waals surface area (Å²) in [5, 5.41) is 0.795. The SMILES string of the molecule is CCCCC1(C(=O)OC)N=CN(C2CCCCC2)C1CC1CCC(C(c2ccc(Cl)cc2)N(C)C)CC1. The Labute approximate surface area is 230 Å². The van der Waals surface area contributed by atoms with Gasteiger partial charge in [0.1, 0.15) is 0 Å². The summed E-state index contributed by atoms with van der Waals surface area (Å²) in [6.45, 7) is 2.20. The Morgan fingerprint density at radius 1 is 1.11 bits per heavy atom. The number of hydrogen-bond donors (Lipinski definition) is 0. The first-order valence-electron chi connectivity index (χ1n) is 14.7. The van der Waals surface area contributed by atoms with Crippen molar-refractivity contribution in [3.63, 3.8) is 0 Å². The van der Waals surface area contributed by atoms with Crippen LogP contribution in [0, 0.1) is 11.8 Å². The van der Waals surface area contributed by atoms with Gasteiger partial charge < -0.3 is 14.5 Å². The van der Waals surface area contributed by atoms with Gasteiger partial charge in [0.05, 0.1) is 19.5 Å². The molecular formula is C31H48ClN3O2. The molecule has 5 nitrogen and oxygen atoms in total. The summed E-state index contributed by atoms with van der Waals surface area (Å²) < 4.78 is 5.43. The standard InChI is InChI=1S/C31H48ClN3O2/c1-5-6-20-31(30(36)37-4)28(35(22-33-31)27-10-8-7-9-11-27)21-23-12-14-24(15-13-23)29(34(2)3)25-16-18-26(32)19-17-25/h16-19,22-24,27-29H,5-15,20-21H2,1-4H3. The van der Waals surface area contributed by atoms with Gasteiger partial charge in [0.25, 0.3) is 0 Å². The number of ether oxygens (including phenoxy) is 1. The van der Waals surface area contributed by atoms with Crippen LogP contribution in [0.4, 0.5) is 0 Å². The molecule has 2 saturated carbocycles. The molecule has 6 heteroatoms. The van der Waals surface area contributed by atoms with Gasteiger partial charge in [0.2, 0.25) is 0 Å². The molecule has 1 heterocycles. The van der Waals surface area contributed by atoms with E-state index in [0.717, 1.165) is 30.7 Å². The summed E-state index contributed by atoms with van der Waals surface area (Å²) in [4.78, 5) is 23.2. The molecule has 206 valence electrons. The highest BCUT2D eigenvalue weighted by atomic mass is 35.5. The number of rotatable bonds is 10. The van der Waals surface area contributed by atoms with E-state index >= 15 is 0 Å². The number of nitrogens with zero attached hydrogens (tertiary/aromatic N) is 3. The van der Waals surface area contributed by atoms with Gasteiger partial charge in [-0.2, -0.15) is 0 Å². The lowest BCUT2D eigenvalue weighted by Crippen LogP contribution is -2.55. The summed E-state index contributed by atoms with van der Waals surface area (Å²) in [5.41, 5.74) is 0.615. The fourth-order valence-electron chi connectivity index (χ4n) is 7.48. The van der Waals surface area contributed by atoms with Crippen molar-refractivity contribution in [3.05, 3.63) is 34.9 Å². The average Bonchev–Trinajstić information content (AvgIpc) is 3.28. The number of benzene rings is 1. The van der Waals surface area contributed by atoms with E-state index in [9.17, 15) is 4.79 Å². The average molecular weight is 530 g/mol. The topological polar surface area (TPSA) is 45.1 Å². The van der Waals surface area contributed by atoms with Crippen molar-refractivity contribution in [3.8, 4) is 0 Å². The highest BCUT2D eigenvalue weighted by Crippen LogP contribution is 2.45. The van der Waals surface area contributed by atoms with Gasteiger partial charge in [-0.05, 0) is 82.2 Å². The number of carbonyl (C=O) groups is 1. The number of esters is 1. The first kappa shape index (κ1) is 28.4. The summed E-state index contributed by atoms with van der Waals surface area (Å²) >= 11 is 6.18. The van der Waals surface area contributed by atoms with E-state index in [-0.39, 0.29) is 12.0 Å². The molecule has 1 aliphatic heterocycles. The van der Waals surface area contributed by atoms with Gasteiger partial charge in [0, 0.05) is 17.1 Å². The molecule has 1 aromatic rings. The van der Waals surface area contributed by atoms with Gasteiger partial charge in [-0.1, -0.05) is 75.6 Å². The first-order chi connectivity index (χ1) is 17.9. The highest BCUT2D eigenvalue weighted by Gasteiger charge is 2.53. The molecule has 3 unspecified atom stereocenters. The Hall–Kier alpha value is -1.59. The molecule has 0 amide bonds. The van der Waals surface area contributed by atoms with E-state index in [1.807, 2.05) is 18.5 Å². The maximum atomic E-state index is 13.3. The van der Waals surface area contributed by atoms with E-state index in [0.29, 0.717) is 23.9 Å². The minimum atomic E-state index is -0.742. The minimum Gasteiger partial charge on any atom is -0.467 e. The largest absolute Gasteiger partial charge is 0.467 e. The van der Waals surface area contributed by atoms with Crippen LogP contribution in [0.25, 0.3) is 0 Å². The lowest BCUT2D eigenvalue weighted by molar-refractivity contribution is -0.149. The molecule has 3 atom stereocenters. The van der Waals surface area contributed by atoms with Crippen molar-refractivity contribution in [2.75, 3.05) is 21.2 Å². The van der Waals surface area contributed by atoms with E-state index < -0.39 is 5.54 Å². The Morgan fingerprint density at radius 2 is 1.78 bits per heavy atom. The number of unbranched alkanes of at least 4 members (excludes halogenated alkanes) is 1. The van der Waals surface area contributed by atoms with Crippen molar-refractivity contribution < 1.29 is 9.53 Å². The van der Waals surface area contributed by atoms with Gasteiger partial charge in [0.15, 0.2) is 5.54 Å². The molecule has 37 heavy (non-hydrogen) atoms. The summed E-state index contributed by atoms with van der Waals surface area (Å²) in [6.07, 6.45) is 17.1. The first-order valence-corrected chi connectivity index (χ1v) is 15.1. The minimum absolute atomic E-state index is 0.122. The molecule has 4 rings (SSSR count). The molecule has 1 aromatic carbocycles. The molecule has 0 radical (unpaired) electrons. The summed E-state index contributed by atoms with van der Waals surface area (Å²) in [7, 11) is 5.93. The number of hydrogen-bond acceptors (Lipinski definition) is 5. The summed E-state index contributed by atoms with van der Waals surface area (Å²) in [6, 6.07) is 9.45. The number of carbonyl (C=O) groups excluding carboxylic acids is 1. The van der Waals surface area contributed by atoms with Crippen molar-refractivity contribution >= 4 is 23.9 Å². The molecule has 0 spiro atoms.